The third-order valence-electron chi connectivity index (χ3n) is 1.87. The van der Waals surface area contributed by atoms with Gasteiger partial charge in [-0.3, -0.25) is 0 Å². The minimum atomic E-state index is -0.496. The van der Waals surface area contributed by atoms with E-state index in [1.54, 1.807) is 12.6 Å². The quantitative estimate of drug-likeness (QED) is 0.731. The molecular formula is C9H17BN4O2. The Labute approximate surface area is 95.8 Å². The van der Waals surface area contributed by atoms with E-state index < -0.39 is 11.7 Å². The maximum absolute atomic E-state index is 11.5. The fourth-order valence-corrected chi connectivity index (χ4v) is 1.25. The Kier molecular flexibility index (Phi) is 3.56. The summed E-state index contributed by atoms with van der Waals surface area (Å²) in [7, 11) is 1.77. The van der Waals surface area contributed by atoms with Crippen LogP contribution in [0.4, 0.5) is 4.79 Å². The van der Waals surface area contributed by atoms with E-state index in [4.69, 9.17) is 4.74 Å². The van der Waals surface area contributed by atoms with Gasteiger partial charge in [0.15, 0.2) is 0 Å². The van der Waals surface area contributed by atoms with Crippen molar-refractivity contribution in [2.24, 2.45) is 0 Å². The molecule has 1 rings (SSSR count). The zero-order valence-electron chi connectivity index (χ0n) is 10.3. The molecule has 1 heterocycles. The van der Waals surface area contributed by atoms with Crippen molar-refractivity contribution < 1.29 is 9.53 Å². The smallest absolute Gasteiger partial charge is 0.408 e. The number of alkyl carbamates (subject to hydrolysis) is 1. The summed E-state index contributed by atoms with van der Waals surface area (Å²) < 4.78 is 6.75. The number of hydrogen-bond acceptors (Lipinski definition) is 4. The van der Waals surface area contributed by atoms with Crippen molar-refractivity contribution in [3.63, 3.8) is 0 Å². The molecule has 0 aliphatic rings. The number of nitrogens with one attached hydrogen (secondary N) is 1. The van der Waals surface area contributed by atoms with E-state index in [1.165, 1.54) is 6.33 Å². The maximum Gasteiger partial charge on any atom is 0.408 e. The molecule has 1 N–H and O–H groups in total. The molecule has 1 amide bonds. The van der Waals surface area contributed by atoms with Gasteiger partial charge in [-0.05, 0) is 27.7 Å². The Morgan fingerprint density at radius 3 is 2.69 bits per heavy atom. The molecule has 1 aromatic heterocycles. The van der Waals surface area contributed by atoms with Gasteiger partial charge >= 0.3 is 6.09 Å². The van der Waals surface area contributed by atoms with Gasteiger partial charge in [-0.2, -0.15) is 5.10 Å². The van der Waals surface area contributed by atoms with Gasteiger partial charge in [-0.25, -0.2) is 9.78 Å². The van der Waals surface area contributed by atoms with Gasteiger partial charge in [0.1, 0.15) is 17.8 Å². The lowest BCUT2D eigenvalue weighted by molar-refractivity contribution is 0.0505. The molecule has 0 aromatic carbocycles. The highest BCUT2D eigenvalue weighted by molar-refractivity contribution is 6.06. The molecule has 1 atom stereocenters. The SMILES string of the molecule is Bn1ncnc1C(C)NC(=O)OC(C)(C)C. The normalized spacial score (nSPS) is 13.2. The third-order valence-corrected chi connectivity index (χ3v) is 1.87. The standard InChI is InChI=1S/C9H17BN4O2/c1-6(7-11-5-12-14(7)10)13-8(15)16-9(2,3)4/h5-6H,10H2,1-4H3,(H,13,15). The van der Waals surface area contributed by atoms with Crippen molar-refractivity contribution in [1.82, 2.24) is 20.0 Å². The van der Waals surface area contributed by atoms with Crippen LogP contribution >= 0.6 is 0 Å². The molecule has 0 saturated carbocycles. The third kappa shape index (κ3) is 3.56. The van der Waals surface area contributed by atoms with E-state index in [-0.39, 0.29) is 6.04 Å². The molecule has 6 nitrogen and oxygen atoms in total. The molecule has 0 radical (unpaired) electrons. The average Bonchev–Trinajstić information content (AvgIpc) is 2.47. The molecule has 0 aliphatic carbocycles. The summed E-state index contributed by atoms with van der Waals surface area (Å²) in [5.41, 5.74) is -0.496. The fourth-order valence-electron chi connectivity index (χ4n) is 1.25. The molecule has 0 bridgehead atoms. The monoisotopic (exact) mass is 224 g/mol. The summed E-state index contributed by atoms with van der Waals surface area (Å²) in [5.74, 6) is 0.686. The van der Waals surface area contributed by atoms with E-state index in [0.29, 0.717) is 5.82 Å². The lowest BCUT2D eigenvalue weighted by Crippen LogP contribution is -2.34. The molecule has 0 spiro atoms. The largest absolute Gasteiger partial charge is 0.444 e. The molecular weight excluding hydrogens is 207 g/mol. The van der Waals surface area contributed by atoms with Crippen LogP contribution in [0.25, 0.3) is 0 Å². The summed E-state index contributed by atoms with van der Waals surface area (Å²) in [4.78, 5) is 15.5. The second-order valence-electron chi connectivity index (χ2n) is 4.61. The summed E-state index contributed by atoms with van der Waals surface area (Å²) >= 11 is 0. The van der Waals surface area contributed by atoms with Crippen molar-refractivity contribution in [2.75, 3.05) is 0 Å². The molecule has 16 heavy (non-hydrogen) atoms. The summed E-state index contributed by atoms with van der Waals surface area (Å²) in [5, 5.41) is 6.63. The number of rotatable bonds is 2. The number of carbonyl (C=O) groups is 1. The molecule has 7 heteroatoms. The second kappa shape index (κ2) is 4.55. The first-order valence-corrected chi connectivity index (χ1v) is 5.13. The second-order valence-corrected chi connectivity index (χ2v) is 4.61. The van der Waals surface area contributed by atoms with Crippen molar-refractivity contribution in [2.45, 2.75) is 39.3 Å². The summed E-state index contributed by atoms with van der Waals surface area (Å²) in [6.07, 6.45) is 0.991. The number of amides is 1. The predicted octanol–water partition coefficient (Wildman–Crippen LogP) is 0.260. The van der Waals surface area contributed by atoms with Crippen LogP contribution in [0, 0.1) is 0 Å². The van der Waals surface area contributed by atoms with E-state index in [2.05, 4.69) is 15.4 Å². The van der Waals surface area contributed by atoms with E-state index >= 15 is 0 Å². The van der Waals surface area contributed by atoms with E-state index in [0.717, 1.165) is 0 Å². The number of nitrogens with zero attached hydrogens (tertiary/aromatic N) is 3. The average molecular weight is 224 g/mol. The Morgan fingerprint density at radius 2 is 2.25 bits per heavy atom. The van der Waals surface area contributed by atoms with Crippen LogP contribution in [0.1, 0.15) is 39.6 Å². The van der Waals surface area contributed by atoms with Gasteiger partial charge in [0, 0.05) is 0 Å². The van der Waals surface area contributed by atoms with Gasteiger partial charge in [0.25, 0.3) is 7.98 Å². The Hall–Kier alpha value is -1.53. The highest BCUT2D eigenvalue weighted by atomic mass is 16.6. The summed E-state index contributed by atoms with van der Waals surface area (Å²) in [6.45, 7) is 7.28. The van der Waals surface area contributed by atoms with Crippen LogP contribution in [0.5, 0.6) is 0 Å². The predicted molar refractivity (Wildman–Crippen MR) is 61.7 cm³/mol. The van der Waals surface area contributed by atoms with Crippen LogP contribution in [0.3, 0.4) is 0 Å². The number of ether oxygens (including phenoxy) is 1. The first-order valence-electron chi connectivity index (χ1n) is 5.13. The highest BCUT2D eigenvalue weighted by Crippen LogP contribution is 2.10. The molecule has 1 aromatic rings. The van der Waals surface area contributed by atoms with Gasteiger partial charge in [-0.1, -0.05) is 0 Å². The van der Waals surface area contributed by atoms with Gasteiger partial charge in [0.05, 0.1) is 6.04 Å². The highest BCUT2D eigenvalue weighted by Gasteiger charge is 2.19. The first kappa shape index (κ1) is 12.5. The number of carbonyl (C=O) groups excluding carboxylic acids is 1. The number of aromatic nitrogens is 3. The fraction of sp³-hybridized carbons (Fsp3) is 0.667. The molecule has 0 saturated heterocycles. The van der Waals surface area contributed by atoms with Crippen molar-refractivity contribution in [3.8, 4) is 0 Å². The minimum Gasteiger partial charge on any atom is -0.444 e. The lowest BCUT2D eigenvalue weighted by Gasteiger charge is -2.21. The topological polar surface area (TPSA) is 69.0 Å². The molecule has 0 aliphatic heterocycles. The number of hydrogen-bond donors (Lipinski definition) is 1. The Morgan fingerprint density at radius 1 is 1.62 bits per heavy atom. The van der Waals surface area contributed by atoms with Crippen LogP contribution < -0.4 is 5.32 Å². The molecule has 0 fully saturated rings. The van der Waals surface area contributed by atoms with E-state index in [9.17, 15) is 4.79 Å². The van der Waals surface area contributed by atoms with Crippen LogP contribution in [-0.2, 0) is 4.74 Å². The Bertz CT molecular complexity index is 372. The first-order chi connectivity index (χ1) is 7.29. The van der Waals surface area contributed by atoms with Crippen LogP contribution in [0.15, 0.2) is 6.33 Å². The van der Waals surface area contributed by atoms with Crippen molar-refractivity contribution >= 4 is 14.1 Å². The zero-order chi connectivity index (χ0) is 12.3. The van der Waals surface area contributed by atoms with Crippen molar-refractivity contribution in [1.29, 1.82) is 0 Å². The zero-order valence-corrected chi connectivity index (χ0v) is 10.3. The molecule has 1 unspecified atom stereocenters. The lowest BCUT2D eigenvalue weighted by atomic mass is 10.2. The van der Waals surface area contributed by atoms with Gasteiger partial charge in [-0.15, -0.1) is 0 Å². The maximum atomic E-state index is 11.5. The Balaban J connectivity index is 2.56. The van der Waals surface area contributed by atoms with E-state index in [1.807, 2.05) is 27.7 Å². The van der Waals surface area contributed by atoms with Crippen LogP contribution in [0.2, 0.25) is 0 Å². The van der Waals surface area contributed by atoms with Crippen LogP contribution in [-0.4, -0.2) is 34.4 Å². The summed E-state index contributed by atoms with van der Waals surface area (Å²) in [6, 6.07) is -0.234. The minimum absolute atomic E-state index is 0.234. The van der Waals surface area contributed by atoms with Gasteiger partial charge in [0.2, 0.25) is 0 Å². The van der Waals surface area contributed by atoms with Crippen molar-refractivity contribution in [3.05, 3.63) is 12.2 Å². The molecule has 88 valence electrons. The van der Waals surface area contributed by atoms with Gasteiger partial charge < -0.3 is 14.6 Å².